The van der Waals surface area contributed by atoms with Crippen molar-refractivity contribution in [3.63, 3.8) is 0 Å². The molecule has 0 bridgehead atoms. The molecule has 6 heteroatoms. The maximum absolute atomic E-state index is 13.5. The number of furan rings is 1. The molecule has 0 saturated heterocycles. The first kappa shape index (κ1) is 24.5. The van der Waals surface area contributed by atoms with Crippen molar-refractivity contribution in [2.75, 3.05) is 13.2 Å². The van der Waals surface area contributed by atoms with Crippen LogP contribution in [-0.4, -0.2) is 24.9 Å². The van der Waals surface area contributed by atoms with Gasteiger partial charge in [0, 0.05) is 29.1 Å². The lowest BCUT2D eigenvalue weighted by molar-refractivity contribution is -0.123. The van der Waals surface area contributed by atoms with Crippen LogP contribution in [0, 0.1) is 0 Å². The Labute approximate surface area is 226 Å². The van der Waals surface area contributed by atoms with Crippen LogP contribution in [0.5, 0.6) is 11.5 Å². The molecule has 4 aromatic carbocycles. The number of amides is 1. The Hall–Kier alpha value is -4.84. The maximum Gasteiger partial charge on any atom is 0.258 e. The van der Waals surface area contributed by atoms with E-state index in [0.29, 0.717) is 30.0 Å². The summed E-state index contributed by atoms with van der Waals surface area (Å²) in [7, 11) is 0. The summed E-state index contributed by atoms with van der Waals surface area (Å²) in [5, 5.41) is 3.73. The van der Waals surface area contributed by atoms with E-state index in [2.05, 4.69) is 11.4 Å². The highest BCUT2D eigenvalue weighted by Gasteiger charge is 2.25. The van der Waals surface area contributed by atoms with E-state index in [-0.39, 0.29) is 24.1 Å². The normalized spacial score (nSPS) is 12.4. The number of carbonyl (C=O) groups is 2. The van der Waals surface area contributed by atoms with E-state index in [1.807, 2.05) is 66.7 Å². The van der Waals surface area contributed by atoms with Crippen LogP contribution < -0.4 is 14.8 Å². The molecule has 1 aliphatic rings. The highest BCUT2D eigenvalue weighted by atomic mass is 16.5. The number of carbonyl (C=O) groups excluding carboxylic acids is 2. The summed E-state index contributed by atoms with van der Waals surface area (Å²) in [6.45, 7) is 1.03. The average molecular weight is 518 g/mol. The Bertz CT molecular complexity index is 1620. The SMILES string of the molecule is O=C(COc1ccc(-c2c(C(=O)c3ccccc3)oc3cc4c(cc23)CCCO4)cc1)NCc1ccccc1. The van der Waals surface area contributed by atoms with Gasteiger partial charge in [0.05, 0.1) is 6.61 Å². The lowest BCUT2D eigenvalue weighted by atomic mass is 9.95. The second kappa shape index (κ2) is 10.9. The summed E-state index contributed by atoms with van der Waals surface area (Å²) in [6, 6.07) is 30.2. The van der Waals surface area contributed by atoms with E-state index in [1.165, 1.54) is 0 Å². The average Bonchev–Trinajstić information content (AvgIpc) is 3.36. The lowest BCUT2D eigenvalue weighted by Crippen LogP contribution is -2.28. The lowest BCUT2D eigenvalue weighted by Gasteiger charge is -2.16. The van der Waals surface area contributed by atoms with Crippen LogP contribution >= 0.6 is 0 Å². The molecule has 0 spiro atoms. The minimum atomic E-state index is -0.202. The fourth-order valence-corrected chi connectivity index (χ4v) is 4.82. The van der Waals surface area contributed by atoms with E-state index in [1.54, 1.807) is 24.3 Å². The minimum Gasteiger partial charge on any atom is -0.493 e. The zero-order valence-electron chi connectivity index (χ0n) is 21.3. The smallest absolute Gasteiger partial charge is 0.258 e. The predicted octanol–water partition coefficient (Wildman–Crippen LogP) is 6.35. The Morgan fingerprint density at radius 3 is 2.38 bits per heavy atom. The topological polar surface area (TPSA) is 77.8 Å². The Kier molecular flexibility index (Phi) is 6.83. The zero-order chi connectivity index (χ0) is 26.6. The molecule has 194 valence electrons. The van der Waals surface area contributed by atoms with Crippen molar-refractivity contribution in [2.24, 2.45) is 0 Å². The summed E-state index contributed by atoms with van der Waals surface area (Å²) in [5.74, 6) is 1.26. The highest BCUT2D eigenvalue weighted by Crippen LogP contribution is 2.40. The Morgan fingerprint density at radius 2 is 1.62 bits per heavy atom. The molecule has 5 aromatic rings. The van der Waals surface area contributed by atoms with Gasteiger partial charge in [0.2, 0.25) is 5.78 Å². The second-order valence-corrected chi connectivity index (χ2v) is 9.48. The van der Waals surface area contributed by atoms with Crippen LogP contribution in [0.2, 0.25) is 0 Å². The molecule has 1 aromatic heterocycles. The highest BCUT2D eigenvalue weighted by molar-refractivity contribution is 6.15. The van der Waals surface area contributed by atoms with Crippen LogP contribution in [0.4, 0.5) is 0 Å². The second-order valence-electron chi connectivity index (χ2n) is 9.48. The van der Waals surface area contributed by atoms with Gasteiger partial charge in [-0.25, -0.2) is 0 Å². The molecule has 2 heterocycles. The first-order chi connectivity index (χ1) is 19.2. The number of aryl methyl sites for hydroxylation is 1. The number of ketones is 1. The minimum absolute atomic E-state index is 0.0926. The van der Waals surface area contributed by atoms with Crippen molar-refractivity contribution >= 4 is 22.7 Å². The molecule has 1 aliphatic heterocycles. The fraction of sp³-hybridized carbons (Fsp3) is 0.152. The molecule has 0 unspecified atom stereocenters. The van der Waals surface area contributed by atoms with E-state index in [0.717, 1.165) is 46.2 Å². The van der Waals surface area contributed by atoms with Crippen LogP contribution in [-0.2, 0) is 17.8 Å². The predicted molar refractivity (Wildman–Crippen MR) is 149 cm³/mol. The number of benzene rings is 4. The molecule has 0 fully saturated rings. The van der Waals surface area contributed by atoms with E-state index in [9.17, 15) is 9.59 Å². The van der Waals surface area contributed by atoms with Gasteiger partial charge in [-0.2, -0.15) is 0 Å². The van der Waals surface area contributed by atoms with Gasteiger partial charge in [-0.05, 0) is 47.7 Å². The first-order valence-corrected chi connectivity index (χ1v) is 13.0. The van der Waals surface area contributed by atoms with Gasteiger partial charge >= 0.3 is 0 Å². The van der Waals surface area contributed by atoms with E-state index in [4.69, 9.17) is 13.9 Å². The van der Waals surface area contributed by atoms with Crippen molar-refractivity contribution in [2.45, 2.75) is 19.4 Å². The molecule has 0 atom stereocenters. The summed E-state index contributed by atoms with van der Waals surface area (Å²) in [5.41, 5.74) is 4.86. The molecule has 0 aliphatic carbocycles. The molecular weight excluding hydrogens is 490 g/mol. The Morgan fingerprint density at radius 1 is 0.872 bits per heavy atom. The molecule has 1 amide bonds. The van der Waals surface area contributed by atoms with Gasteiger partial charge in [0.15, 0.2) is 12.4 Å². The standard InChI is InChI=1S/C33H27NO5/c35-30(34-20-22-8-3-1-4-9-22)21-38-26-15-13-23(14-16-26)31-27-18-25-12-7-17-37-28(25)19-29(27)39-33(31)32(36)24-10-5-2-6-11-24/h1-6,8-11,13-16,18-19H,7,12,17,20-21H2,(H,34,35). The first-order valence-electron chi connectivity index (χ1n) is 13.0. The van der Waals surface area contributed by atoms with Crippen molar-refractivity contribution in [3.8, 4) is 22.6 Å². The van der Waals surface area contributed by atoms with E-state index < -0.39 is 0 Å². The number of hydrogen-bond donors (Lipinski definition) is 1. The number of rotatable bonds is 8. The summed E-state index contributed by atoms with van der Waals surface area (Å²) >= 11 is 0. The van der Waals surface area contributed by atoms with Gasteiger partial charge in [0.25, 0.3) is 5.91 Å². The number of ether oxygens (including phenoxy) is 2. The molecule has 6 rings (SSSR count). The maximum atomic E-state index is 13.5. The largest absolute Gasteiger partial charge is 0.493 e. The van der Waals surface area contributed by atoms with Crippen molar-refractivity contribution < 1.29 is 23.5 Å². The monoisotopic (exact) mass is 517 g/mol. The number of fused-ring (bicyclic) bond motifs is 2. The van der Waals surface area contributed by atoms with Gasteiger partial charge in [0.1, 0.15) is 17.1 Å². The van der Waals surface area contributed by atoms with Crippen molar-refractivity contribution in [3.05, 3.63) is 120 Å². The van der Waals surface area contributed by atoms with Crippen LogP contribution in [0.15, 0.2) is 101 Å². The van der Waals surface area contributed by atoms with Gasteiger partial charge in [-0.15, -0.1) is 0 Å². The summed E-state index contributed by atoms with van der Waals surface area (Å²) in [4.78, 5) is 25.8. The number of nitrogens with one attached hydrogen (secondary N) is 1. The third-order valence-corrected chi connectivity index (χ3v) is 6.81. The zero-order valence-corrected chi connectivity index (χ0v) is 21.3. The fourth-order valence-electron chi connectivity index (χ4n) is 4.82. The number of hydrogen-bond acceptors (Lipinski definition) is 5. The van der Waals surface area contributed by atoms with Gasteiger partial charge in [-0.1, -0.05) is 72.8 Å². The summed E-state index contributed by atoms with van der Waals surface area (Å²) in [6.07, 6.45) is 1.86. The molecule has 1 N–H and O–H groups in total. The van der Waals surface area contributed by atoms with E-state index >= 15 is 0 Å². The molecule has 0 radical (unpaired) electrons. The molecule has 6 nitrogen and oxygen atoms in total. The molecule has 39 heavy (non-hydrogen) atoms. The van der Waals surface area contributed by atoms with Crippen LogP contribution in [0.1, 0.15) is 33.7 Å². The third-order valence-electron chi connectivity index (χ3n) is 6.81. The Balaban J connectivity index is 1.26. The quantitative estimate of drug-likeness (QED) is 0.243. The van der Waals surface area contributed by atoms with Crippen molar-refractivity contribution in [1.82, 2.24) is 5.32 Å². The summed E-state index contributed by atoms with van der Waals surface area (Å²) < 4.78 is 17.8. The third kappa shape index (κ3) is 5.27. The molecule has 0 saturated carbocycles. The van der Waals surface area contributed by atoms with Gasteiger partial charge < -0.3 is 19.2 Å². The van der Waals surface area contributed by atoms with Crippen LogP contribution in [0.25, 0.3) is 22.1 Å². The van der Waals surface area contributed by atoms with Crippen LogP contribution in [0.3, 0.4) is 0 Å². The molecular formula is C33H27NO5. The van der Waals surface area contributed by atoms with Gasteiger partial charge in [-0.3, -0.25) is 9.59 Å². The van der Waals surface area contributed by atoms with Crippen molar-refractivity contribution in [1.29, 1.82) is 0 Å².